The van der Waals surface area contributed by atoms with Crippen molar-refractivity contribution in [2.45, 2.75) is 12.1 Å². The van der Waals surface area contributed by atoms with Crippen molar-refractivity contribution in [3.63, 3.8) is 0 Å². The number of rotatable bonds is 3. The Kier molecular flexibility index (Phi) is 5.89. The van der Waals surface area contributed by atoms with Crippen LogP contribution in [0.25, 0.3) is 0 Å². The molecule has 2 unspecified atom stereocenters. The van der Waals surface area contributed by atoms with Crippen LogP contribution >= 0.6 is 0 Å². The van der Waals surface area contributed by atoms with Gasteiger partial charge >= 0.3 is 0 Å². The first-order valence-electron chi connectivity index (χ1n) is 8.34. The second-order valence-electron chi connectivity index (χ2n) is 5.74. The third-order valence-corrected chi connectivity index (χ3v) is 4.25. The zero-order chi connectivity index (χ0) is 18.2. The number of H-pyrrole nitrogens is 1. The molecule has 1 aliphatic rings. The van der Waals surface area contributed by atoms with Crippen LogP contribution in [-0.2, 0) is 4.79 Å². The zero-order valence-electron chi connectivity index (χ0n) is 14.2. The minimum absolute atomic E-state index is 0.0151. The molecular formula is C18H21N7O. The molecule has 0 bridgehead atoms. The fourth-order valence-electron chi connectivity index (χ4n) is 3.25. The van der Waals surface area contributed by atoms with E-state index in [-0.39, 0.29) is 18.5 Å². The average Bonchev–Trinajstić information content (AvgIpc) is 3.24. The third-order valence-electron chi connectivity index (χ3n) is 4.25. The Morgan fingerprint density at radius 2 is 1.73 bits per heavy atom. The Hall–Kier alpha value is -3.26. The van der Waals surface area contributed by atoms with Crippen molar-refractivity contribution in [3.8, 4) is 0 Å². The summed E-state index contributed by atoms with van der Waals surface area (Å²) in [5.41, 5.74) is 6.62. The molecular weight excluding hydrogens is 330 g/mol. The van der Waals surface area contributed by atoms with Crippen LogP contribution < -0.4 is 16.0 Å². The number of carbonyl (C=O) groups excluding carboxylic acids is 1. The predicted octanol–water partition coefficient (Wildman–Crippen LogP) is 1.19. The van der Waals surface area contributed by atoms with E-state index < -0.39 is 0 Å². The van der Waals surface area contributed by atoms with Crippen LogP contribution in [0.15, 0.2) is 60.7 Å². The molecule has 1 fully saturated rings. The van der Waals surface area contributed by atoms with Crippen LogP contribution in [0.4, 0.5) is 5.69 Å². The molecule has 8 heteroatoms. The van der Waals surface area contributed by atoms with Crippen molar-refractivity contribution >= 4 is 12.1 Å². The number of aromatic nitrogens is 4. The monoisotopic (exact) mass is 351 g/mol. The molecule has 2 heterocycles. The highest BCUT2D eigenvalue weighted by molar-refractivity contribution is 5.50. The standard InChI is InChI=1S/C17H18N6.CH3NO/c1-3-7-13(8-4-1)16-15(17-19-21-22-20-17)18-11-12-23(16)14-9-5-2-6-10-14;2-1-3/h1-10,15-16,18H,11-12H2,(H,19,20,21,22);1H,(H2,2,3). The highest BCUT2D eigenvalue weighted by Crippen LogP contribution is 2.37. The van der Waals surface area contributed by atoms with Gasteiger partial charge in [-0.3, -0.25) is 4.79 Å². The second-order valence-corrected chi connectivity index (χ2v) is 5.74. The van der Waals surface area contributed by atoms with Gasteiger partial charge < -0.3 is 16.0 Å². The Balaban J connectivity index is 0.000000613. The minimum Gasteiger partial charge on any atom is -0.372 e. The highest BCUT2D eigenvalue weighted by Gasteiger charge is 2.35. The van der Waals surface area contributed by atoms with Gasteiger partial charge in [0, 0.05) is 18.8 Å². The van der Waals surface area contributed by atoms with Gasteiger partial charge in [-0.2, -0.15) is 0 Å². The SMILES string of the molecule is NC=O.c1ccc(C2C(c3nnn[nH]3)NCCN2c2ccccc2)cc1. The number of amides is 1. The fourth-order valence-corrected chi connectivity index (χ4v) is 3.25. The van der Waals surface area contributed by atoms with E-state index in [0.29, 0.717) is 0 Å². The number of nitrogens with one attached hydrogen (secondary N) is 2. The van der Waals surface area contributed by atoms with Crippen LogP contribution in [0.2, 0.25) is 0 Å². The molecule has 0 spiro atoms. The van der Waals surface area contributed by atoms with Crippen molar-refractivity contribution in [2.75, 3.05) is 18.0 Å². The molecule has 134 valence electrons. The number of benzene rings is 2. The number of piperazine rings is 1. The summed E-state index contributed by atoms with van der Waals surface area (Å²) < 4.78 is 0. The summed E-state index contributed by atoms with van der Waals surface area (Å²) in [6, 6.07) is 21.1. The lowest BCUT2D eigenvalue weighted by atomic mass is 9.94. The minimum atomic E-state index is 0.0151. The number of tetrazole rings is 1. The number of anilines is 1. The number of aromatic amines is 1. The first-order chi connectivity index (χ1) is 12.8. The summed E-state index contributed by atoms with van der Waals surface area (Å²) in [5.74, 6) is 0.763. The van der Waals surface area contributed by atoms with Gasteiger partial charge in [0.2, 0.25) is 6.41 Å². The molecule has 0 aliphatic carbocycles. The first kappa shape index (κ1) is 17.6. The number of hydrogen-bond donors (Lipinski definition) is 3. The van der Waals surface area contributed by atoms with Crippen molar-refractivity contribution < 1.29 is 4.79 Å². The zero-order valence-corrected chi connectivity index (χ0v) is 14.2. The molecule has 1 aromatic heterocycles. The molecule has 0 saturated carbocycles. The highest BCUT2D eigenvalue weighted by atomic mass is 16.1. The van der Waals surface area contributed by atoms with E-state index >= 15 is 0 Å². The van der Waals surface area contributed by atoms with E-state index in [1.54, 1.807) is 0 Å². The summed E-state index contributed by atoms with van der Waals surface area (Å²) in [6.07, 6.45) is 0.250. The summed E-state index contributed by atoms with van der Waals surface area (Å²) in [7, 11) is 0. The second kappa shape index (κ2) is 8.72. The first-order valence-corrected chi connectivity index (χ1v) is 8.34. The van der Waals surface area contributed by atoms with Crippen LogP contribution in [0.5, 0.6) is 0 Å². The van der Waals surface area contributed by atoms with E-state index in [1.165, 1.54) is 11.3 Å². The molecule has 1 saturated heterocycles. The van der Waals surface area contributed by atoms with E-state index in [0.717, 1.165) is 18.9 Å². The number of nitrogens with zero attached hydrogens (tertiary/aromatic N) is 4. The maximum Gasteiger partial charge on any atom is 0.204 e. The largest absolute Gasteiger partial charge is 0.372 e. The summed E-state index contributed by atoms with van der Waals surface area (Å²) >= 11 is 0. The maximum atomic E-state index is 8.58. The van der Waals surface area contributed by atoms with E-state index in [9.17, 15) is 0 Å². The van der Waals surface area contributed by atoms with Gasteiger partial charge in [-0.05, 0) is 28.1 Å². The molecule has 8 nitrogen and oxygen atoms in total. The lowest BCUT2D eigenvalue weighted by molar-refractivity contribution is -0.106. The Morgan fingerprint density at radius 3 is 2.35 bits per heavy atom. The Morgan fingerprint density at radius 1 is 1.08 bits per heavy atom. The van der Waals surface area contributed by atoms with Gasteiger partial charge in [-0.15, -0.1) is 5.10 Å². The lowest BCUT2D eigenvalue weighted by Gasteiger charge is -2.42. The molecule has 3 aromatic rings. The molecule has 0 radical (unpaired) electrons. The number of primary amides is 1. The quantitative estimate of drug-likeness (QED) is 0.611. The van der Waals surface area contributed by atoms with Crippen molar-refractivity contribution in [3.05, 3.63) is 72.1 Å². The van der Waals surface area contributed by atoms with Gasteiger partial charge in [0.1, 0.15) is 0 Å². The molecule has 1 amide bonds. The van der Waals surface area contributed by atoms with Crippen molar-refractivity contribution in [1.82, 2.24) is 25.9 Å². The van der Waals surface area contributed by atoms with E-state index in [4.69, 9.17) is 4.79 Å². The Labute approximate surface area is 151 Å². The van der Waals surface area contributed by atoms with Gasteiger partial charge in [0.05, 0.1) is 12.1 Å². The van der Waals surface area contributed by atoms with Crippen LogP contribution in [-0.4, -0.2) is 40.1 Å². The molecule has 2 atom stereocenters. The Bertz CT molecular complexity index is 780. The van der Waals surface area contributed by atoms with Gasteiger partial charge in [0.25, 0.3) is 0 Å². The fraction of sp³-hybridized carbons (Fsp3) is 0.222. The molecule has 1 aliphatic heterocycles. The number of para-hydroxylation sites is 1. The van der Waals surface area contributed by atoms with Crippen molar-refractivity contribution in [1.29, 1.82) is 0 Å². The number of nitrogens with two attached hydrogens (primary N) is 1. The molecule has 26 heavy (non-hydrogen) atoms. The smallest absolute Gasteiger partial charge is 0.204 e. The average molecular weight is 351 g/mol. The summed E-state index contributed by atoms with van der Waals surface area (Å²) in [4.78, 5) is 11.0. The van der Waals surface area contributed by atoms with Crippen LogP contribution in [0.3, 0.4) is 0 Å². The molecule has 4 rings (SSSR count). The van der Waals surface area contributed by atoms with Crippen molar-refractivity contribution in [2.24, 2.45) is 5.73 Å². The predicted molar refractivity (Wildman–Crippen MR) is 98.1 cm³/mol. The lowest BCUT2D eigenvalue weighted by Crippen LogP contribution is -2.48. The van der Waals surface area contributed by atoms with Crippen LogP contribution in [0.1, 0.15) is 23.5 Å². The van der Waals surface area contributed by atoms with Gasteiger partial charge in [0.15, 0.2) is 5.82 Å². The molecule has 4 N–H and O–H groups in total. The van der Waals surface area contributed by atoms with Crippen LogP contribution in [0, 0.1) is 0 Å². The number of hydrogen-bond acceptors (Lipinski definition) is 6. The van der Waals surface area contributed by atoms with E-state index in [2.05, 4.69) is 85.1 Å². The van der Waals surface area contributed by atoms with E-state index in [1.807, 2.05) is 12.1 Å². The third kappa shape index (κ3) is 3.86. The van der Waals surface area contributed by atoms with Gasteiger partial charge in [-0.1, -0.05) is 48.5 Å². The normalized spacial score (nSPS) is 19.3. The summed E-state index contributed by atoms with van der Waals surface area (Å²) in [5, 5.41) is 18.1. The van der Waals surface area contributed by atoms with Gasteiger partial charge in [-0.25, -0.2) is 5.10 Å². The molecule has 2 aromatic carbocycles. The summed E-state index contributed by atoms with van der Waals surface area (Å²) in [6.45, 7) is 1.81. The number of carbonyl (C=O) groups is 1. The topological polar surface area (TPSA) is 113 Å². The maximum absolute atomic E-state index is 8.58.